The van der Waals surface area contributed by atoms with E-state index in [1.54, 1.807) is 12.3 Å². The molecule has 0 unspecified atom stereocenters. The molecule has 2 N–H and O–H groups in total. The van der Waals surface area contributed by atoms with Crippen LogP contribution in [-0.4, -0.2) is 32.6 Å². The fourth-order valence-electron chi connectivity index (χ4n) is 4.66. The van der Waals surface area contributed by atoms with Gasteiger partial charge in [-0.3, -0.25) is 14.3 Å². The minimum Gasteiger partial charge on any atom is -0.354 e. The predicted octanol–water partition coefficient (Wildman–Crippen LogP) is 3.30. The molecule has 4 rings (SSSR count). The standard InChI is InChI=1S/C22H28FN5O2/c1-13(29)26-15-6-4-5-14(7-15)21(30)27-20-8-16(18(23)11-24-20)17-10-25-28-12-22(2,3)9-19(17)28/h8,10-11,14-15H,4-7,9,12H2,1-3H3,(H,26,29)(H,24,27,30)/t14-,15+/m0/s1. The van der Waals surface area contributed by atoms with Crippen molar-refractivity contribution < 1.29 is 14.0 Å². The second-order valence-corrected chi connectivity index (χ2v) is 9.30. The first-order chi connectivity index (χ1) is 14.2. The zero-order valence-corrected chi connectivity index (χ0v) is 17.7. The van der Waals surface area contributed by atoms with Crippen LogP contribution in [0, 0.1) is 17.2 Å². The molecule has 30 heavy (non-hydrogen) atoms. The monoisotopic (exact) mass is 413 g/mol. The van der Waals surface area contributed by atoms with Crippen LogP contribution in [-0.2, 0) is 22.6 Å². The molecule has 2 aromatic heterocycles. The van der Waals surface area contributed by atoms with Gasteiger partial charge in [-0.25, -0.2) is 9.37 Å². The lowest BCUT2D eigenvalue weighted by molar-refractivity contribution is -0.123. The number of rotatable bonds is 4. The summed E-state index contributed by atoms with van der Waals surface area (Å²) >= 11 is 0. The molecule has 1 aliphatic carbocycles. The average Bonchev–Trinajstić information content (AvgIpc) is 3.18. The molecule has 3 heterocycles. The van der Waals surface area contributed by atoms with Gasteiger partial charge in [0.2, 0.25) is 11.8 Å². The lowest BCUT2D eigenvalue weighted by atomic mass is 9.85. The highest BCUT2D eigenvalue weighted by Crippen LogP contribution is 2.38. The van der Waals surface area contributed by atoms with Gasteiger partial charge >= 0.3 is 0 Å². The number of carbonyl (C=O) groups excluding carboxylic acids is 2. The van der Waals surface area contributed by atoms with Crippen molar-refractivity contribution in [2.45, 2.75) is 65.5 Å². The van der Waals surface area contributed by atoms with Gasteiger partial charge in [0.15, 0.2) is 0 Å². The number of carbonyl (C=O) groups is 2. The van der Waals surface area contributed by atoms with Crippen molar-refractivity contribution in [2.75, 3.05) is 5.32 Å². The summed E-state index contributed by atoms with van der Waals surface area (Å²) in [7, 11) is 0. The van der Waals surface area contributed by atoms with Crippen LogP contribution in [0.1, 0.15) is 52.1 Å². The molecule has 0 radical (unpaired) electrons. The Hall–Kier alpha value is -2.77. The van der Waals surface area contributed by atoms with E-state index >= 15 is 0 Å². The molecule has 1 saturated carbocycles. The van der Waals surface area contributed by atoms with Crippen LogP contribution < -0.4 is 10.6 Å². The Bertz CT molecular complexity index is 984. The van der Waals surface area contributed by atoms with Gasteiger partial charge in [0.05, 0.1) is 12.4 Å². The second-order valence-electron chi connectivity index (χ2n) is 9.30. The van der Waals surface area contributed by atoms with Gasteiger partial charge < -0.3 is 10.6 Å². The Morgan fingerprint density at radius 1 is 1.23 bits per heavy atom. The van der Waals surface area contributed by atoms with Gasteiger partial charge in [0, 0.05) is 42.2 Å². The van der Waals surface area contributed by atoms with E-state index in [0.717, 1.165) is 49.7 Å². The van der Waals surface area contributed by atoms with E-state index in [9.17, 15) is 14.0 Å². The van der Waals surface area contributed by atoms with Gasteiger partial charge in [-0.1, -0.05) is 20.3 Å². The predicted molar refractivity (Wildman–Crippen MR) is 111 cm³/mol. The van der Waals surface area contributed by atoms with Crippen LogP contribution in [0.3, 0.4) is 0 Å². The van der Waals surface area contributed by atoms with E-state index < -0.39 is 5.82 Å². The smallest absolute Gasteiger partial charge is 0.228 e. The van der Waals surface area contributed by atoms with Crippen LogP contribution in [0.4, 0.5) is 10.2 Å². The summed E-state index contributed by atoms with van der Waals surface area (Å²) in [6.45, 7) is 6.62. The molecular weight excluding hydrogens is 385 g/mol. The molecule has 0 aromatic carbocycles. The van der Waals surface area contributed by atoms with Crippen LogP contribution in [0.15, 0.2) is 18.5 Å². The molecule has 0 bridgehead atoms. The molecule has 2 aliphatic rings. The SMILES string of the molecule is CC(=O)N[C@@H]1CCC[C@H](C(=O)Nc2cc(-c3cnn4c3CC(C)(C)C4)c(F)cn2)C1. The van der Waals surface area contributed by atoms with Crippen molar-refractivity contribution in [1.82, 2.24) is 20.1 Å². The zero-order valence-electron chi connectivity index (χ0n) is 17.7. The van der Waals surface area contributed by atoms with E-state index in [0.29, 0.717) is 17.8 Å². The van der Waals surface area contributed by atoms with Gasteiger partial charge in [0.1, 0.15) is 11.6 Å². The Morgan fingerprint density at radius 3 is 2.80 bits per heavy atom. The highest BCUT2D eigenvalue weighted by molar-refractivity contribution is 5.92. The van der Waals surface area contributed by atoms with Crippen molar-refractivity contribution in [2.24, 2.45) is 11.3 Å². The first kappa shape index (κ1) is 20.5. The fraction of sp³-hybridized carbons (Fsp3) is 0.545. The number of nitrogens with one attached hydrogen (secondary N) is 2. The molecule has 2 amide bonds. The average molecular weight is 413 g/mol. The third-order valence-corrected chi connectivity index (χ3v) is 6.02. The van der Waals surface area contributed by atoms with Gasteiger partial charge in [-0.15, -0.1) is 0 Å². The molecule has 8 heteroatoms. The number of amides is 2. The highest BCUT2D eigenvalue weighted by Gasteiger charge is 2.32. The summed E-state index contributed by atoms with van der Waals surface area (Å²) in [5.41, 5.74) is 2.25. The second kappa shape index (κ2) is 7.81. The lowest BCUT2D eigenvalue weighted by Crippen LogP contribution is -2.40. The van der Waals surface area contributed by atoms with E-state index in [1.165, 1.54) is 6.92 Å². The summed E-state index contributed by atoms with van der Waals surface area (Å²) in [6, 6.07) is 1.60. The topological polar surface area (TPSA) is 88.9 Å². The maximum absolute atomic E-state index is 14.6. The molecule has 0 saturated heterocycles. The number of fused-ring (bicyclic) bond motifs is 1. The largest absolute Gasteiger partial charge is 0.354 e. The van der Waals surface area contributed by atoms with Crippen molar-refractivity contribution in [3.05, 3.63) is 30.0 Å². The lowest BCUT2D eigenvalue weighted by Gasteiger charge is -2.28. The number of hydrogen-bond donors (Lipinski definition) is 2. The van der Waals surface area contributed by atoms with Gasteiger partial charge in [-0.2, -0.15) is 5.10 Å². The molecule has 2 atom stereocenters. The number of pyridine rings is 1. The van der Waals surface area contributed by atoms with Crippen molar-refractivity contribution in [3.8, 4) is 11.1 Å². The number of hydrogen-bond acceptors (Lipinski definition) is 4. The number of halogens is 1. The number of aromatic nitrogens is 3. The zero-order chi connectivity index (χ0) is 21.5. The number of anilines is 1. The summed E-state index contributed by atoms with van der Waals surface area (Å²) in [5, 5.41) is 10.2. The molecule has 2 aromatic rings. The Morgan fingerprint density at radius 2 is 2.03 bits per heavy atom. The van der Waals surface area contributed by atoms with Crippen LogP contribution >= 0.6 is 0 Å². The van der Waals surface area contributed by atoms with E-state index in [-0.39, 0.29) is 29.2 Å². The number of nitrogens with zero attached hydrogens (tertiary/aromatic N) is 3. The van der Waals surface area contributed by atoms with Crippen molar-refractivity contribution >= 4 is 17.6 Å². The fourth-order valence-corrected chi connectivity index (χ4v) is 4.66. The third kappa shape index (κ3) is 4.22. The Labute approximate surface area is 175 Å². The quantitative estimate of drug-likeness (QED) is 0.805. The highest BCUT2D eigenvalue weighted by atomic mass is 19.1. The molecule has 1 fully saturated rings. The maximum Gasteiger partial charge on any atom is 0.228 e. The summed E-state index contributed by atoms with van der Waals surface area (Å²) in [4.78, 5) is 28.2. The molecular formula is C22H28FN5O2. The Balaban J connectivity index is 1.51. The molecule has 160 valence electrons. The van der Waals surface area contributed by atoms with E-state index in [4.69, 9.17) is 0 Å². The van der Waals surface area contributed by atoms with E-state index in [2.05, 4.69) is 34.6 Å². The first-order valence-corrected chi connectivity index (χ1v) is 10.5. The van der Waals surface area contributed by atoms with Gasteiger partial charge in [-0.05, 0) is 37.2 Å². The van der Waals surface area contributed by atoms with Crippen molar-refractivity contribution in [3.63, 3.8) is 0 Å². The van der Waals surface area contributed by atoms with Crippen LogP contribution in [0.5, 0.6) is 0 Å². The Kier molecular flexibility index (Phi) is 5.34. The summed E-state index contributed by atoms with van der Waals surface area (Å²) in [6.07, 6.45) is 6.78. The van der Waals surface area contributed by atoms with Crippen LogP contribution in [0.2, 0.25) is 0 Å². The minimum atomic E-state index is -0.433. The van der Waals surface area contributed by atoms with Crippen molar-refractivity contribution in [1.29, 1.82) is 0 Å². The molecule has 1 aliphatic heterocycles. The van der Waals surface area contributed by atoms with E-state index in [1.807, 2.05) is 4.68 Å². The van der Waals surface area contributed by atoms with Crippen LogP contribution in [0.25, 0.3) is 11.1 Å². The summed E-state index contributed by atoms with van der Waals surface area (Å²) < 4.78 is 16.5. The van der Waals surface area contributed by atoms with Gasteiger partial charge in [0.25, 0.3) is 0 Å². The minimum absolute atomic E-state index is 0.0158. The first-order valence-electron chi connectivity index (χ1n) is 10.5. The summed E-state index contributed by atoms with van der Waals surface area (Å²) in [5.74, 6) is -0.529. The molecule has 0 spiro atoms. The third-order valence-electron chi connectivity index (χ3n) is 6.02. The molecule has 7 nitrogen and oxygen atoms in total. The maximum atomic E-state index is 14.6. The normalized spacial score (nSPS) is 22.4.